The van der Waals surface area contributed by atoms with Crippen LogP contribution in [-0.4, -0.2) is 64.0 Å². The topological polar surface area (TPSA) is 87.7 Å². The van der Waals surface area contributed by atoms with Gasteiger partial charge in [-0.25, -0.2) is 17.9 Å². The van der Waals surface area contributed by atoms with E-state index < -0.39 is 10.0 Å². The lowest BCUT2D eigenvalue weighted by atomic mass is 10.2. The van der Waals surface area contributed by atoms with Crippen molar-refractivity contribution in [2.24, 2.45) is 0 Å². The van der Waals surface area contributed by atoms with Gasteiger partial charge in [-0.1, -0.05) is 0 Å². The molecule has 2 unspecified atom stereocenters. The molecule has 2 amide bonds. The third-order valence-electron chi connectivity index (χ3n) is 2.70. The molecule has 0 aromatic rings. The predicted octanol–water partition coefficient (Wildman–Crippen LogP) is -0.255. The average Bonchev–Trinajstić information content (AvgIpc) is 2.25. The summed E-state index contributed by atoms with van der Waals surface area (Å²) in [5.74, 6) is 0. The molecule has 0 spiro atoms. The number of hydrogen-bond donors (Lipinski definition) is 2. The molecule has 8 heteroatoms. The first kappa shape index (κ1) is 16.2. The zero-order valence-corrected chi connectivity index (χ0v) is 12.5. The normalized spacial score (nSPS) is 24.3. The lowest BCUT2D eigenvalue weighted by Gasteiger charge is -2.35. The molecule has 1 aliphatic heterocycles. The summed E-state index contributed by atoms with van der Waals surface area (Å²) < 4.78 is 29.6. The molecule has 0 aromatic heterocycles. The van der Waals surface area contributed by atoms with E-state index in [0.29, 0.717) is 32.6 Å². The van der Waals surface area contributed by atoms with E-state index in [2.05, 4.69) is 10.0 Å². The van der Waals surface area contributed by atoms with Crippen LogP contribution in [-0.2, 0) is 14.8 Å². The maximum atomic E-state index is 11.9. The van der Waals surface area contributed by atoms with Crippen LogP contribution in [0.25, 0.3) is 0 Å². The molecule has 1 rings (SSSR count). The van der Waals surface area contributed by atoms with Gasteiger partial charge in [0.25, 0.3) is 0 Å². The van der Waals surface area contributed by atoms with Gasteiger partial charge in [-0.05, 0) is 20.3 Å². The molecule has 112 valence electrons. The molecule has 1 fully saturated rings. The summed E-state index contributed by atoms with van der Waals surface area (Å²) in [5.41, 5.74) is 0. The molecule has 0 radical (unpaired) electrons. The standard InChI is InChI=1S/C11H23N3O4S/c1-9-7-14(8-10(2)18-9)11(15)12-5-4-6-13-19(3,16)17/h9-10,13H,4-8H2,1-3H3,(H,12,15). The second kappa shape index (κ2) is 7.06. The van der Waals surface area contributed by atoms with Crippen LogP contribution < -0.4 is 10.0 Å². The van der Waals surface area contributed by atoms with Crippen molar-refractivity contribution < 1.29 is 17.9 Å². The summed E-state index contributed by atoms with van der Waals surface area (Å²) in [7, 11) is -3.15. The molecule has 0 bridgehead atoms. The molecule has 7 nitrogen and oxygen atoms in total. The largest absolute Gasteiger partial charge is 0.372 e. The second-order valence-electron chi connectivity index (χ2n) is 4.91. The number of carbonyl (C=O) groups excluding carboxylic acids is 1. The number of carbonyl (C=O) groups is 1. The average molecular weight is 293 g/mol. The number of nitrogens with zero attached hydrogens (tertiary/aromatic N) is 1. The Kier molecular flexibility index (Phi) is 6.02. The van der Waals surface area contributed by atoms with Crippen LogP contribution in [0, 0.1) is 0 Å². The number of nitrogens with one attached hydrogen (secondary N) is 2. The smallest absolute Gasteiger partial charge is 0.317 e. The summed E-state index contributed by atoms with van der Waals surface area (Å²) >= 11 is 0. The Morgan fingerprint density at radius 3 is 2.37 bits per heavy atom. The molecule has 0 saturated carbocycles. The van der Waals surface area contributed by atoms with Gasteiger partial charge in [-0.2, -0.15) is 0 Å². The molecule has 0 aromatic carbocycles. The highest BCUT2D eigenvalue weighted by Gasteiger charge is 2.25. The van der Waals surface area contributed by atoms with Crippen LogP contribution in [0.5, 0.6) is 0 Å². The van der Waals surface area contributed by atoms with Crippen LogP contribution in [0.4, 0.5) is 4.79 Å². The summed E-state index contributed by atoms with van der Waals surface area (Å²) in [4.78, 5) is 13.6. The van der Waals surface area contributed by atoms with Crippen LogP contribution in [0.15, 0.2) is 0 Å². The van der Waals surface area contributed by atoms with E-state index >= 15 is 0 Å². The van der Waals surface area contributed by atoms with Crippen molar-refractivity contribution >= 4 is 16.1 Å². The monoisotopic (exact) mass is 293 g/mol. The van der Waals surface area contributed by atoms with Crippen molar-refractivity contribution in [2.45, 2.75) is 32.5 Å². The van der Waals surface area contributed by atoms with Gasteiger partial charge in [0, 0.05) is 26.2 Å². The molecular formula is C11H23N3O4S. The molecule has 19 heavy (non-hydrogen) atoms. The van der Waals surface area contributed by atoms with Crippen molar-refractivity contribution in [3.63, 3.8) is 0 Å². The molecule has 1 aliphatic rings. The van der Waals surface area contributed by atoms with Crippen molar-refractivity contribution in [1.82, 2.24) is 14.9 Å². The minimum absolute atomic E-state index is 0.0430. The summed E-state index contributed by atoms with van der Waals surface area (Å²) in [5, 5.41) is 2.78. The number of urea groups is 1. The van der Waals surface area contributed by atoms with Crippen LogP contribution in [0.2, 0.25) is 0 Å². The molecule has 1 saturated heterocycles. The van der Waals surface area contributed by atoms with Gasteiger partial charge in [0.2, 0.25) is 10.0 Å². The van der Waals surface area contributed by atoms with Gasteiger partial charge in [0.05, 0.1) is 18.5 Å². The van der Waals surface area contributed by atoms with Gasteiger partial charge < -0.3 is 15.0 Å². The van der Waals surface area contributed by atoms with E-state index in [9.17, 15) is 13.2 Å². The van der Waals surface area contributed by atoms with Crippen LogP contribution in [0.1, 0.15) is 20.3 Å². The Labute approximate surface area is 114 Å². The van der Waals surface area contributed by atoms with Crippen LogP contribution in [0.3, 0.4) is 0 Å². The molecule has 0 aliphatic carbocycles. The summed E-state index contributed by atoms with van der Waals surface area (Å²) in [6, 6.07) is -0.124. The van der Waals surface area contributed by atoms with Gasteiger partial charge in [0.1, 0.15) is 0 Å². The van der Waals surface area contributed by atoms with Gasteiger partial charge in [-0.15, -0.1) is 0 Å². The van der Waals surface area contributed by atoms with E-state index in [-0.39, 0.29) is 18.2 Å². The highest BCUT2D eigenvalue weighted by Crippen LogP contribution is 2.10. The quantitative estimate of drug-likeness (QED) is 0.684. The predicted molar refractivity (Wildman–Crippen MR) is 72.4 cm³/mol. The van der Waals surface area contributed by atoms with Gasteiger partial charge >= 0.3 is 6.03 Å². The van der Waals surface area contributed by atoms with E-state index in [1.54, 1.807) is 4.90 Å². The minimum atomic E-state index is -3.15. The third-order valence-corrected chi connectivity index (χ3v) is 3.43. The molecule has 2 N–H and O–H groups in total. The van der Waals surface area contributed by atoms with E-state index in [1.165, 1.54) is 0 Å². The second-order valence-corrected chi connectivity index (χ2v) is 6.75. The highest BCUT2D eigenvalue weighted by molar-refractivity contribution is 7.88. The van der Waals surface area contributed by atoms with E-state index in [4.69, 9.17) is 4.74 Å². The Morgan fingerprint density at radius 1 is 1.26 bits per heavy atom. The SMILES string of the molecule is CC1CN(C(=O)NCCCNS(C)(=O)=O)CC(C)O1. The Bertz CT molecular complexity index is 389. The van der Waals surface area contributed by atoms with Gasteiger partial charge in [-0.3, -0.25) is 0 Å². The van der Waals surface area contributed by atoms with Crippen molar-refractivity contribution in [1.29, 1.82) is 0 Å². The third kappa shape index (κ3) is 6.74. The number of morpholine rings is 1. The summed E-state index contributed by atoms with van der Waals surface area (Å²) in [6.45, 7) is 5.81. The number of amides is 2. The van der Waals surface area contributed by atoms with Gasteiger partial charge in [0.15, 0.2) is 0 Å². The lowest BCUT2D eigenvalue weighted by molar-refractivity contribution is -0.0545. The minimum Gasteiger partial charge on any atom is -0.372 e. The van der Waals surface area contributed by atoms with Crippen LogP contribution >= 0.6 is 0 Å². The first-order valence-corrected chi connectivity index (χ1v) is 8.30. The fourth-order valence-electron chi connectivity index (χ4n) is 2.00. The van der Waals surface area contributed by atoms with Crippen molar-refractivity contribution in [3.8, 4) is 0 Å². The van der Waals surface area contributed by atoms with Crippen molar-refractivity contribution in [2.75, 3.05) is 32.4 Å². The van der Waals surface area contributed by atoms with E-state index in [0.717, 1.165) is 6.26 Å². The first-order valence-electron chi connectivity index (χ1n) is 6.41. The zero-order valence-electron chi connectivity index (χ0n) is 11.7. The lowest BCUT2D eigenvalue weighted by Crippen LogP contribution is -2.51. The zero-order chi connectivity index (χ0) is 14.5. The maximum absolute atomic E-state index is 11.9. The Hall–Kier alpha value is -0.860. The fourth-order valence-corrected chi connectivity index (χ4v) is 2.51. The highest BCUT2D eigenvalue weighted by atomic mass is 32.2. The maximum Gasteiger partial charge on any atom is 0.317 e. The Morgan fingerprint density at radius 2 is 1.84 bits per heavy atom. The fraction of sp³-hybridized carbons (Fsp3) is 0.909. The van der Waals surface area contributed by atoms with E-state index in [1.807, 2.05) is 13.8 Å². The molecular weight excluding hydrogens is 270 g/mol. The molecule has 1 heterocycles. The number of hydrogen-bond acceptors (Lipinski definition) is 4. The first-order chi connectivity index (χ1) is 8.78. The number of rotatable bonds is 5. The number of sulfonamides is 1. The van der Waals surface area contributed by atoms with Crippen molar-refractivity contribution in [3.05, 3.63) is 0 Å². The molecule has 2 atom stereocenters. The summed E-state index contributed by atoms with van der Waals surface area (Å²) in [6.07, 6.45) is 1.76. The Balaban J connectivity index is 2.20. The number of ether oxygens (including phenoxy) is 1.